The SMILES string of the molecule is CCOC(=O)COc1ccc(-c2cnc3ccccn23)cn1. The third kappa shape index (κ3) is 2.90. The molecule has 3 rings (SSSR count). The second-order valence-corrected chi connectivity index (χ2v) is 4.55. The highest BCUT2D eigenvalue weighted by Crippen LogP contribution is 2.21. The molecule has 0 N–H and O–H groups in total. The minimum absolute atomic E-state index is 0.143. The van der Waals surface area contributed by atoms with Crippen molar-refractivity contribution in [2.75, 3.05) is 13.2 Å². The fourth-order valence-corrected chi connectivity index (χ4v) is 2.10. The van der Waals surface area contributed by atoms with Crippen molar-refractivity contribution in [2.45, 2.75) is 6.92 Å². The van der Waals surface area contributed by atoms with E-state index < -0.39 is 5.97 Å². The van der Waals surface area contributed by atoms with E-state index in [4.69, 9.17) is 9.47 Å². The number of ether oxygens (including phenoxy) is 2. The van der Waals surface area contributed by atoms with Crippen LogP contribution in [0.4, 0.5) is 0 Å². The minimum Gasteiger partial charge on any atom is -0.466 e. The second kappa shape index (κ2) is 6.26. The van der Waals surface area contributed by atoms with Crippen LogP contribution in [0.5, 0.6) is 5.88 Å². The van der Waals surface area contributed by atoms with Crippen LogP contribution in [0.25, 0.3) is 16.9 Å². The molecule has 0 radical (unpaired) electrons. The smallest absolute Gasteiger partial charge is 0.344 e. The zero-order valence-electron chi connectivity index (χ0n) is 12.1. The molecule has 0 aliphatic rings. The van der Waals surface area contributed by atoms with Gasteiger partial charge >= 0.3 is 5.97 Å². The molecule has 6 nitrogen and oxygen atoms in total. The molecule has 0 unspecified atom stereocenters. The van der Waals surface area contributed by atoms with E-state index in [0.29, 0.717) is 12.5 Å². The van der Waals surface area contributed by atoms with Crippen LogP contribution in [0.3, 0.4) is 0 Å². The molecule has 0 aliphatic carbocycles. The monoisotopic (exact) mass is 297 g/mol. The molecular weight excluding hydrogens is 282 g/mol. The lowest BCUT2D eigenvalue weighted by molar-refractivity contribution is -0.145. The minimum atomic E-state index is -0.407. The highest BCUT2D eigenvalue weighted by molar-refractivity contribution is 5.71. The van der Waals surface area contributed by atoms with Crippen LogP contribution in [-0.4, -0.2) is 33.6 Å². The number of carbonyl (C=O) groups excluding carboxylic acids is 1. The lowest BCUT2D eigenvalue weighted by Crippen LogP contribution is -2.14. The molecule has 3 heterocycles. The Bertz CT molecular complexity index is 781. The molecule has 0 atom stereocenters. The summed E-state index contributed by atoms with van der Waals surface area (Å²) >= 11 is 0. The molecular formula is C16H15N3O3. The maximum absolute atomic E-state index is 11.2. The van der Waals surface area contributed by atoms with Gasteiger partial charge in [-0.2, -0.15) is 0 Å². The number of nitrogens with zero attached hydrogens (tertiary/aromatic N) is 3. The number of carbonyl (C=O) groups is 1. The topological polar surface area (TPSA) is 65.7 Å². The number of esters is 1. The summed E-state index contributed by atoms with van der Waals surface area (Å²) < 4.78 is 12.0. The van der Waals surface area contributed by atoms with E-state index in [9.17, 15) is 4.79 Å². The Morgan fingerprint density at radius 1 is 1.18 bits per heavy atom. The normalized spacial score (nSPS) is 10.6. The Morgan fingerprint density at radius 2 is 2.09 bits per heavy atom. The van der Waals surface area contributed by atoms with Crippen molar-refractivity contribution >= 4 is 11.6 Å². The predicted octanol–water partition coefficient (Wildman–Crippen LogP) is 2.34. The number of pyridine rings is 2. The summed E-state index contributed by atoms with van der Waals surface area (Å²) in [7, 11) is 0. The van der Waals surface area contributed by atoms with Gasteiger partial charge in [0.15, 0.2) is 6.61 Å². The maximum atomic E-state index is 11.2. The largest absolute Gasteiger partial charge is 0.466 e. The van der Waals surface area contributed by atoms with Crippen LogP contribution in [-0.2, 0) is 9.53 Å². The van der Waals surface area contributed by atoms with Gasteiger partial charge < -0.3 is 9.47 Å². The van der Waals surface area contributed by atoms with E-state index in [2.05, 4.69) is 9.97 Å². The number of hydrogen-bond donors (Lipinski definition) is 0. The standard InChI is InChI=1S/C16H15N3O3/c1-2-21-16(20)11-22-15-7-6-12(9-18-15)13-10-17-14-5-3-4-8-19(13)14/h3-10H,2,11H2,1H3. The second-order valence-electron chi connectivity index (χ2n) is 4.55. The van der Waals surface area contributed by atoms with Crippen molar-refractivity contribution in [3.05, 3.63) is 48.9 Å². The average molecular weight is 297 g/mol. The summed E-state index contributed by atoms with van der Waals surface area (Å²) in [5.41, 5.74) is 2.74. The van der Waals surface area contributed by atoms with Gasteiger partial charge in [-0.05, 0) is 25.1 Å². The molecule has 6 heteroatoms. The van der Waals surface area contributed by atoms with E-state index in [-0.39, 0.29) is 6.61 Å². The first-order chi connectivity index (χ1) is 10.8. The molecule has 3 aromatic rings. The summed E-state index contributed by atoms with van der Waals surface area (Å²) in [6.07, 6.45) is 5.44. The van der Waals surface area contributed by atoms with Gasteiger partial charge in [0.25, 0.3) is 0 Å². The highest BCUT2D eigenvalue weighted by atomic mass is 16.6. The zero-order chi connectivity index (χ0) is 15.4. The number of rotatable bonds is 5. The Balaban J connectivity index is 1.75. The lowest BCUT2D eigenvalue weighted by atomic mass is 10.2. The summed E-state index contributed by atoms with van der Waals surface area (Å²) in [6.45, 7) is 1.94. The van der Waals surface area contributed by atoms with Crippen LogP contribution < -0.4 is 4.74 Å². The summed E-state index contributed by atoms with van der Waals surface area (Å²) in [4.78, 5) is 19.8. The van der Waals surface area contributed by atoms with E-state index in [1.54, 1.807) is 25.4 Å². The van der Waals surface area contributed by atoms with E-state index in [1.165, 1.54) is 0 Å². The van der Waals surface area contributed by atoms with Crippen molar-refractivity contribution in [3.8, 4) is 17.1 Å². The van der Waals surface area contributed by atoms with Crippen LogP contribution in [0.15, 0.2) is 48.9 Å². The third-order valence-corrected chi connectivity index (χ3v) is 3.09. The summed E-state index contributed by atoms with van der Waals surface area (Å²) in [5, 5.41) is 0. The summed E-state index contributed by atoms with van der Waals surface area (Å²) in [5.74, 6) is -0.0271. The van der Waals surface area contributed by atoms with Gasteiger partial charge in [-0.25, -0.2) is 14.8 Å². The number of hydrogen-bond acceptors (Lipinski definition) is 5. The molecule has 0 saturated carbocycles. The number of imidazole rings is 1. The maximum Gasteiger partial charge on any atom is 0.344 e. The van der Waals surface area contributed by atoms with Crippen LogP contribution >= 0.6 is 0 Å². The van der Waals surface area contributed by atoms with Gasteiger partial charge in [0, 0.05) is 24.0 Å². The highest BCUT2D eigenvalue weighted by Gasteiger charge is 2.07. The van der Waals surface area contributed by atoms with Crippen molar-refractivity contribution in [3.63, 3.8) is 0 Å². The van der Waals surface area contributed by atoms with Gasteiger partial charge in [-0.3, -0.25) is 4.40 Å². The van der Waals surface area contributed by atoms with Crippen LogP contribution in [0.2, 0.25) is 0 Å². The predicted molar refractivity (Wildman–Crippen MR) is 80.6 cm³/mol. The van der Waals surface area contributed by atoms with Crippen LogP contribution in [0, 0.1) is 0 Å². The third-order valence-electron chi connectivity index (χ3n) is 3.09. The lowest BCUT2D eigenvalue weighted by Gasteiger charge is -2.06. The Hall–Kier alpha value is -2.89. The van der Waals surface area contributed by atoms with Gasteiger partial charge in [0.2, 0.25) is 5.88 Å². The Kier molecular flexibility index (Phi) is 4.00. The first-order valence-corrected chi connectivity index (χ1v) is 6.95. The average Bonchev–Trinajstić information content (AvgIpc) is 2.98. The molecule has 3 aromatic heterocycles. The van der Waals surface area contributed by atoms with Gasteiger partial charge in [0.05, 0.1) is 18.5 Å². The van der Waals surface area contributed by atoms with Crippen LogP contribution in [0.1, 0.15) is 6.92 Å². The molecule has 0 aromatic carbocycles. The molecule has 112 valence electrons. The quantitative estimate of drug-likeness (QED) is 0.676. The van der Waals surface area contributed by atoms with E-state index >= 15 is 0 Å². The van der Waals surface area contributed by atoms with Crippen molar-refractivity contribution in [1.82, 2.24) is 14.4 Å². The molecule has 22 heavy (non-hydrogen) atoms. The first-order valence-electron chi connectivity index (χ1n) is 6.95. The van der Waals surface area contributed by atoms with Crippen molar-refractivity contribution in [2.24, 2.45) is 0 Å². The fraction of sp³-hybridized carbons (Fsp3) is 0.188. The first kappa shape index (κ1) is 14.1. The molecule has 0 spiro atoms. The molecule has 0 bridgehead atoms. The van der Waals surface area contributed by atoms with E-state index in [1.807, 2.05) is 34.9 Å². The summed E-state index contributed by atoms with van der Waals surface area (Å²) in [6, 6.07) is 9.42. The molecule has 0 fully saturated rings. The van der Waals surface area contributed by atoms with Gasteiger partial charge in [-0.1, -0.05) is 6.07 Å². The fourth-order valence-electron chi connectivity index (χ4n) is 2.10. The number of fused-ring (bicyclic) bond motifs is 1. The van der Waals surface area contributed by atoms with Crippen molar-refractivity contribution < 1.29 is 14.3 Å². The van der Waals surface area contributed by atoms with E-state index in [0.717, 1.165) is 16.9 Å². The Labute approximate surface area is 127 Å². The van der Waals surface area contributed by atoms with Gasteiger partial charge in [0.1, 0.15) is 5.65 Å². The zero-order valence-corrected chi connectivity index (χ0v) is 12.1. The van der Waals surface area contributed by atoms with Crippen molar-refractivity contribution in [1.29, 1.82) is 0 Å². The molecule has 0 amide bonds. The molecule has 0 aliphatic heterocycles. The molecule has 0 saturated heterocycles. The number of aromatic nitrogens is 3. The Morgan fingerprint density at radius 3 is 2.86 bits per heavy atom. The van der Waals surface area contributed by atoms with Gasteiger partial charge in [-0.15, -0.1) is 0 Å².